The number of nitrogens with one attached hydrogen (secondary N) is 1. The number of methoxy groups -OCH3 is 2. The van der Waals surface area contributed by atoms with E-state index >= 15 is 0 Å². The first-order valence-corrected chi connectivity index (χ1v) is 8.39. The van der Waals surface area contributed by atoms with Crippen LogP contribution in [0.1, 0.15) is 11.1 Å². The monoisotopic (exact) mass is 377 g/mol. The lowest BCUT2D eigenvalue weighted by Gasteiger charge is -2.14. The number of rotatable bonds is 6. The lowest BCUT2D eigenvalue weighted by Crippen LogP contribution is -2.25. The normalized spacial score (nSPS) is 10.2. The third-order valence-electron chi connectivity index (χ3n) is 4.16. The molecule has 0 radical (unpaired) electrons. The fraction of sp³-hybridized carbons (Fsp3) is 0.150. The highest BCUT2D eigenvalue weighted by atomic mass is 16.5. The first-order chi connectivity index (χ1) is 13.5. The van der Waals surface area contributed by atoms with Crippen molar-refractivity contribution in [2.24, 2.45) is 0 Å². The molecule has 0 aliphatic heterocycles. The molecule has 142 valence electrons. The van der Waals surface area contributed by atoms with Crippen LogP contribution in [0.2, 0.25) is 0 Å². The lowest BCUT2D eigenvalue weighted by molar-refractivity contribution is 0.397. The first-order valence-electron chi connectivity index (χ1n) is 8.39. The van der Waals surface area contributed by atoms with Gasteiger partial charge in [0.05, 0.1) is 32.1 Å². The number of aromatic nitrogens is 2. The molecule has 3 N–H and O–H groups in total. The summed E-state index contributed by atoms with van der Waals surface area (Å²) in [5.41, 5.74) is 7.38. The molecule has 1 aromatic heterocycles. The molecule has 0 aliphatic carbocycles. The van der Waals surface area contributed by atoms with Crippen LogP contribution in [0, 0.1) is 11.3 Å². The largest absolute Gasteiger partial charge is 0.497 e. The predicted octanol–water partition coefficient (Wildman–Crippen LogP) is 2.51. The average Bonchev–Trinajstić information content (AvgIpc) is 2.71. The van der Waals surface area contributed by atoms with Crippen LogP contribution in [0.4, 0.5) is 17.2 Å². The van der Waals surface area contributed by atoms with Crippen molar-refractivity contribution in [2.75, 3.05) is 25.3 Å². The lowest BCUT2D eigenvalue weighted by atomic mass is 10.2. The van der Waals surface area contributed by atoms with Gasteiger partial charge in [-0.25, -0.2) is 4.79 Å². The van der Waals surface area contributed by atoms with Gasteiger partial charge in [0.2, 0.25) is 0 Å². The maximum atomic E-state index is 12.5. The van der Waals surface area contributed by atoms with E-state index in [1.54, 1.807) is 56.7 Å². The third-order valence-corrected chi connectivity index (χ3v) is 4.16. The molecule has 2 aromatic carbocycles. The number of ether oxygens (including phenoxy) is 2. The molecule has 0 spiro atoms. The van der Waals surface area contributed by atoms with Gasteiger partial charge >= 0.3 is 5.69 Å². The van der Waals surface area contributed by atoms with Crippen LogP contribution in [0.15, 0.2) is 53.5 Å². The van der Waals surface area contributed by atoms with Gasteiger partial charge in [-0.2, -0.15) is 10.2 Å². The summed E-state index contributed by atoms with van der Waals surface area (Å²) in [5, 5.41) is 12.5. The van der Waals surface area contributed by atoms with Gasteiger partial charge in [0.15, 0.2) is 5.82 Å². The van der Waals surface area contributed by atoms with E-state index in [-0.39, 0.29) is 17.9 Å². The van der Waals surface area contributed by atoms with Crippen molar-refractivity contribution < 1.29 is 9.47 Å². The molecule has 0 saturated heterocycles. The Morgan fingerprint density at radius 2 is 2.00 bits per heavy atom. The number of nitriles is 1. The molecule has 0 saturated carbocycles. The zero-order valence-electron chi connectivity index (χ0n) is 15.5. The van der Waals surface area contributed by atoms with Crippen LogP contribution in [-0.4, -0.2) is 23.8 Å². The van der Waals surface area contributed by atoms with E-state index in [1.807, 2.05) is 0 Å². The Morgan fingerprint density at radius 3 is 2.68 bits per heavy atom. The van der Waals surface area contributed by atoms with Crippen LogP contribution < -0.4 is 26.2 Å². The van der Waals surface area contributed by atoms with E-state index in [1.165, 1.54) is 10.8 Å². The van der Waals surface area contributed by atoms with Crippen molar-refractivity contribution in [3.05, 3.63) is 70.3 Å². The number of para-hydroxylation sites is 2. The fourth-order valence-electron chi connectivity index (χ4n) is 2.71. The van der Waals surface area contributed by atoms with E-state index in [2.05, 4.69) is 16.4 Å². The molecule has 3 aromatic rings. The van der Waals surface area contributed by atoms with Crippen LogP contribution >= 0.6 is 0 Å². The summed E-state index contributed by atoms with van der Waals surface area (Å²) in [6.45, 7) is 0.175. The summed E-state index contributed by atoms with van der Waals surface area (Å²) < 4.78 is 11.9. The molecule has 0 unspecified atom stereocenters. The minimum atomic E-state index is -0.513. The van der Waals surface area contributed by atoms with Crippen molar-refractivity contribution in [1.29, 1.82) is 5.26 Å². The summed E-state index contributed by atoms with van der Waals surface area (Å²) >= 11 is 0. The first kappa shape index (κ1) is 18.8. The second kappa shape index (κ2) is 8.14. The molecule has 1 heterocycles. The summed E-state index contributed by atoms with van der Waals surface area (Å²) in [6.07, 6.45) is 1.45. The SMILES string of the molecule is COc1ccc(OC)c(Cn2cc(C#N)c(Nc3ccccc3N)nc2=O)c1. The van der Waals surface area contributed by atoms with Crippen LogP contribution in [-0.2, 0) is 6.54 Å². The molecule has 0 amide bonds. The Bertz CT molecular complexity index is 1100. The highest BCUT2D eigenvalue weighted by molar-refractivity contribution is 5.72. The second-order valence-electron chi connectivity index (χ2n) is 5.92. The number of nitrogens with zero attached hydrogens (tertiary/aromatic N) is 3. The van der Waals surface area contributed by atoms with Crippen molar-refractivity contribution in [3.8, 4) is 17.6 Å². The van der Waals surface area contributed by atoms with Gasteiger partial charge in [-0.1, -0.05) is 12.1 Å². The van der Waals surface area contributed by atoms with Crippen molar-refractivity contribution in [3.63, 3.8) is 0 Å². The minimum Gasteiger partial charge on any atom is -0.497 e. The van der Waals surface area contributed by atoms with Crippen molar-refractivity contribution in [2.45, 2.75) is 6.54 Å². The van der Waals surface area contributed by atoms with Gasteiger partial charge in [0.25, 0.3) is 0 Å². The predicted molar refractivity (Wildman–Crippen MR) is 106 cm³/mol. The van der Waals surface area contributed by atoms with E-state index in [0.717, 1.165) is 5.56 Å². The molecule has 3 rings (SSSR count). The highest BCUT2D eigenvalue weighted by Gasteiger charge is 2.13. The Balaban J connectivity index is 1.98. The topological polar surface area (TPSA) is 115 Å². The summed E-state index contributed by atoms with van der Waals surface area (Å²) in [5.74, 6) is 1.39. The van der Waals surface area contributed by atoms with E-state index in [4.69, 9.17) is 15.2 Å². The summed E-state index contributed by atoms with van der Waals surface area (Å²) in [7, 11) is 3.10. The van der Waals surface area contributed by atoms with Gasteiger partial charge in [0, 0.05) is 11.8 Å². The molecule has 0 fully saturated rings. The number of hydrogen-bond donors (Lipinski definition) is 2. The maximum Gasteiger partial charge on any atom is 0.349 e. The standard InChI is InChI=1S/C20H19N5O3/c1-27-15-7-8-18(28-2)13(9-15)11-25-12-14(10-21)19(24-20(25)26)23-17-6-4-3-5-16(17)22/h3-9,12H,11,22H2,1-2H3,(H,23,24,26). The van der Waals surface area contributed by atoms with Crippen LogP contribution in [0.3, 0.4) is 0 Å². The van der Waals surface area contributed by atoms with E-state index in [9.17, 15) is 10.1 Å². The van der Waals surface area contributed by atoms with E-state index in [0.29, 0.717) is 22.9 Å². The van der Waals surface area contributed by atoms with Crippen molar-refractivity contribution >= 4 is 17.2 Å². The Labute approximate surface area is 161 Å². The molecule has 8 heteroatoms. The van der Waals surface area contributed by atoms with Crippen molar-refractivity contribution in [1.82, 2.24) is 9.55 Å². The Hall–Kier alpha value is -3.99. The molecular weight excluding hydrogens is 358 g/mol. The number of nitrogen functional groups attached to an aromatic ring is 1. The van der Waals surface area contributed by atoms with Gasteiger partial charge in [-0.15, -0.1) is 0 Å². The van der Waals surface area contributed by atoms with E-state index < -0.39 is 5.69 Å². The quantitative estimate of drug-likeness (QED) is 0.634. The third kappa shape index (κ3) is 3.88. The average molecular weight is 377 g/mol. The fourth-order valence-corrected chi connectivity index (χ4v) is 2.71. The van der Waals surface area contributed by atoms with Crippen LogP contribution in [0.5, 0.6) is 11.5 Å². The number of hydrogen-bond acceptors (Lipinski definition) is 7. The zero-order chi connectivity index (χ0) is 20.1. The smallest absolute Gasteiger partial charge is 0.349 e. The van der Waals surface area contributed by atoms with Gasteiger partial charge in [-0.3, -0.25) is 4.57 Å². The molecule has 0 aliphatic rings. The maximum absolute atomic E-state index is 12.5. The number of benzene rings is 2. The molecular formula is C20H19N5O3. The van der Waals surface area contributed by atoms with Crippen LogP contribution in [0.25, 0.3) is 0 Å². The second-order valence-corrected chi connectivity index (χ2v) is 5.92. The van der Waals surface area contributed by atoms with Gasteiger partial charge in [0.1, 0.15) is 23.1 Å². The minimum absolute atomic E-state index is 0.152. The molecule has 0 atom stereocenters. The molecule has 28 heavy (non-hydrogen) atoms. The molecule has 8 nitrogen and oxygen atoms in total. The number of nitrogens with two attached hydrogens (primary N) is 1. The Kier molecular flexibility index (Phi) is 5.46. The number of anilines is 3. The Morgan fingerprint density at radius 1 is 1.21 bits per heavy atom. The van der Waals surface area contributed by atoms with Gasteiger partial charge in [-0.05, 0) is 30.3 Å². The summed E-state index contributed by atoms with van der Waals surface area (Å²) in [4.78, 5) is 16.6. The highest BCUT2D eigenvalue weighted by Crippen LogP contribution is 2.25. The summed E-state index contributed by atoms with van der Waals surface area (Å²) in [6, 6.07) is 14.4. The van der Waals surface area contributed by atoms with Gasteiger partial charge < -0.3 is 20.5 Å². The molecule has 0 bridgehead atoms. The zero-order valence-corrected chi connectivity index (χ0v) is 15.5.